The van der Waals surface area contributed by atoms with Crippen LogP contribution in [0, 0.1) is 6.92 Å². The number of guanidine groups is 1. The van der Waals surface area contributed by atoms with E-state index in [1.54, 1.807) is 14.2 Å². The van der Waals surface area contributed by atoms with E-state index in [1.165, 1.54) is 16.7 Å². The van der Waals surface area contributed by atoms with Crippen molar-refractivity contribution in [3.05, 3.63) is 40.7 Å². The number of nitrogens with zero attached hydrogens (tertiary/aromatic N) is 3. The molecule has 0 bridgehead atoms. The molecule has 0 atom stereocenters. The summed E-state index contributed by atoms with van der Waals surface area (Å²) in [6, 6.07) is 4.19. The topological polar surface area (TPSA) is 74.8 Å². The molecule has 0 unspecified atom stereocenters. The van der Waals surface area contributed by atoms with Crippen LogP contribution in [0.3, 0.4) is 0 Å². The Labute approximate surface area is 190 Å². The summed E-state index contributed by atoms with van der Waals surface area (Å²) in [6.45, 7) is 7.58. The van der Waals surface area contributed by atoms with Gasteiger partial charge in [0, 0.05) is 31.9 Å². The summed E-state index contributed by atoms with van der Waals surface area (Å²) in [7, 11) is 3.36. The highest BCUT2D eigenvalue weighted by atomic mass is 127. The van der Waals surface area contributed by atoms with Gasteiger partial charge in [0.15, 0.2) is 17.5 Å². The summed E-state index contributed by atoms with van der Waals surface area (Å²) in [5.74, 6) is 2.55. The highest BCUT2D eigenvalue weighted by Crippen LogP contribution is 2.33. The second-order valence-corrected chi connectivity index (χ2v) is 7.01. The van der Waals surface area contributed by atoms with Gasteiger partial charge in [-0.25, -0.2) is 0 Å². The maximum Gasteiger partial charge on any atom is 0.194 e. The van der Waals surface area contributed by atoms with E-state index in [0.717, 1.165) is 68.6 Å². The van der Waals surface area contributed by atoms with Crippen LogP contribution in [0.15, 0.2) is 23.3 Å². The van der Waals surface area contributed by atoms with Crippen molar-refractivity contribution in [2.75, 3.05) is 33.9 Å². The fourth-order valence-corrected chi connectivity index (χ4v) is 3.57. The molecule has 8 heteroatoms. The number of hydrogen-bond donors (Lipinski definition) is 2. The number of halogens is 1. The second-order valence-electron chi connectivity index (χ2n) is 7.01. The summed E-state index contributed by atoms with van der Waals surface area (Å²) in [5.41, 5.74) is 5.00. The number of methoxy groups -OCH3 is 2. The monoisotopic (exact) mass is 513 g/mol. The minimum absolute atomic E-state index is 0. The van der Waals surface area contributed by atoms with Gasteiger partial charge in [-0.1, -0.05) is 0 Å². The van der Waals surface area contributed by atoms with E-state index in [9.17, 15) is 0 Å². The fourth-order valence-electron chi connectivity index (χ4n) is 3.57. The van der Waals surface area contributed by atoms with Crippen molar-refractivity contribution in [3.8, 4) is 11.5 Å². The number of H-pyrrole nitrogens is 1. The number of aliphatic imine (C=N–C) groups is 1. The smallest absolute Gasteiger partial charge is 0.194 e. The van der Waals surface area contributed by atoms with E-state index < -0.39 is 0 Å². The average Bonchev–Trinajstić information content (AvgIpc) is 3.13. The predicted octanol–water partition coefficient (Wildman–Crippen LogP) is 3.31. The van der Waals surface area contributed by atoms with Crippen molar-refractivity contribution >= 4 is 29.9 Å². The van der Waals surface area contributed by atoms with Gasteiger partial charge in [0.2, 0.25) is 0 Å². The molecule has 1 aliphatic heterocycles. The number of benzene rings is 1. The zero-order chi connectivity index (χ0) is 19.9. The van der Waals surface area contributed by atoms with Crippen molar-refractivity contribution in [1.82, 2.24) is 20.4 Å². The number of aryl methyl sites for hydroxylation is 2. The number of hydrogen-bond acceptors (Lipinski definition) is 4. The molecule has 29 heavy (non-hydrogen) atoms. The van der Waals surface area contributed by atoms with Gasteiger partial charge in [-0.15, -0.1) is 24.0 Å². The summed E-state index contributed by atoms with van der Waals surface area (Å²) < 4.78 is 10.9. The summed E-state index contributed by atoms with van der Waals surface area (Å²) in [4.78, 5) is 7.18. The zero-order valence-corrected chi connectivity index (χ0v) is 20.1. The first-order valence-electron chi connectivity index (χ1n) is 9.92. The average molecular weight is 513 g/mol. The van der Waals surface area contributed by atoms with Gasteiger partial charge in [0.25, 0.3) is 0 Å². The molecule has 0 fully saturated rings. The molecule has 2 aromatic rings. The molecule has 2 N–H and O–H groups in total. The van der Waals surface area contributed by atoms with Crippen LogP contribution < -0.4 is 14.8 Å². The molecule has 1 aliphatic rings. The Balaban J connectivity index is 0.00000300. The molecule has 3 rings (SSSR count). The van der Waals surface area contributed by atoms with E-state index >= 15 is 0 Å². The van der Waals surface area contributed by atoms with E-state index in [1.807, 2.05) is 6.20 Å². The number of fused-ring (bicyclic) bond motifs is 1. The van der Waals surface area contributed by atoms with Crippen LogP contribution in [-0.4, -0.2) is 54.9 Å². The quantitative estimate of drug-likeness (QED) is 0.257. The Morgan fingerprint density at radius 2 is 1.97 bits per heavy atom. The summed E-state index contributed by atoms with van der Waals surface area (Å²) >= 11 is 0. The van der Waals surface area contributed by atoms with Crippen molar-refractivity contribution in [2.24, 2.45) is 4.99 Å². The Morgan fingerprint density at radius 3 is 2.59 bits per heavy atom. The molecule has 0 saturated carbocycles. The third kappa shape index (κ3) is 5.77. The first kappa shape index (κ1) is 23.3. The SMILES string of the molecule is CCNC(=NCCCc1cn[nH]c1C)N1CCc2cc(OC)c(OC)cc2C1.I. The molecule has 1 aromatic carbocycles. The first-order valence-corrected chi connectivity index (χ1v) is 9.92. The largest absolute Gasteiger partial charge is 0.493 e. The van der Waals surface area contributed by atoms with Gasteiger partial charge in [-0.2, -0.15) is 5.10 Å². The lowest BCUT2D eigenvalue weighted by molar-refractivity contribution is 0.346. The van der Waals surface area contributed by atoms with E-state index in [0.29, 0.717) is 0 Å². The summed E-state index contributed by atoms with van der Waals surface area (Å²) in [6.07, 6.45) is 4.87. The van der Waals surface area contributed by atoms with Gasteiger partial charge in [0.05, 0.1) is 20.4 Å². The van der Waals surface area contributed by atoms with E-state index in [-0.39, 0.29) is 24.0 Å². The molecule has 0 aliphatic carbocycles. The Hall–Kier alpha value is -1.97. The molecule has 160 valence electrons. The zero-order valence-electron chi connectivity index (χ0n) is 17.7. The van der Waals surface area contributed by atoms with E-state index in [4.69, 9.17) is 14.5 Å². The van der Waals surface area contributed by atoms with Crippen LogP contribution in [0.25, 0.3) is 0 Å². The maximum absolute atomic E-state index is 5.47. The number of aromatic nitrogens is 2. The normalized spacial score (nSPS) is 13.5. The first-order chi connectivity index (χ1) is 13.7. The van der Waals surface area contributed by atoms with Gasteiger partial charge in [-0.05, 0) is 61.9 Å². The molecular formula is C21H32IN5O2. The number of aromatic amines is 1. The lowest BCUT2D eigenvalue weighted by atomic mass is 9.99. The van der Waals surface area contributed by atoms with Crippen molar-refractivity contribution in [3.63, 3.8) is 0 Å². The lowest BCUT2D eigenvalue weighted by Gasteiger charge is -2.32. The maximum atomic E-state index is 5.47. The third-order valence-electron chi connectivity index (χ3n) is 5.15. The molecule has 7 nitrogen and oxygen atoms in total. The van der Waals surface area contributed by atoms with Gasteiger partial charge in [0.1, 0.15) is 0 Å². The molecule has 0 spiro atoms. The minimum atomic E-state index is 0. The molecule has 0 radical (unpaired) electrons. The molecule has 0 saturated heterocycles. The van der Waals surface area contributed by atoms with Crippen molar-refractivity contribution < 1.29 is 9.47 Å². The molecule has 1 aromatic heterocycles. The van der Waals surface area contributed by atoms with Crippen LogP contribution in [-0.2, 0) is 19.4 Å². The lowest BCUT2D eigenvalue weighted by Crippen LogP contribution is -2.44. The van der Waals surface area contributed by atoms with Crippen molar-refractivity contribution in [1.29, 1.82) is 0 Å². The Kier molecular flexibility index (Phi) is 9.06. The standard InChI is InChI=1S/C21H31N5O2.HI/c1-5-22-21(23-9-6-7-17-13-24-25-15(17)2)26-10-8-16-11-19(27-3)20(28-4)12-18(16)14-26;/h11-13H,5-10,14H2,1-4H3,(H,22,23)(H,24,25);1H. The Morgan fingerprint density at radius 1 is 1.24 bits per heavy atom. The van der Waals surface area contributed by atoms with Crippen molar-refractivity contribution in [2.45, 2.75) is 39.7 Å². The van der Waals surface area contributed by atoms with E-state index in [2.05, 4.69) is 46.4 Å². The fraction of sp³-hybridized carbons (Fsp3) is 0.524. The molecular weight excluding hydrogens is 481 g/mol. The predicted molar refractivity (Wildman–Crippen MR) is 127 cm³/mol. The number of nitrogens with one attached hydrogen (secondary N) is 2. The minimum Gasteiger partial charge on any atom is -0.493 e. The van der Waals surface area contributed by atoms with Crippen LogP contribution in [0.4, 0.5) is 0 Å². The summed E-state index contributed by atoms with van der Waals surface area (Å²) in [5, 5.41) is 10.5. The number of ether oxygens (including phenoxy) is 2. The van der Waals surface area contributed by atoms with Crippen LogP contribution >= 0.6 is 24.0 Å². The van der Waals surface area contributed by atoms with Crippen LogP contribution in [0.1, 0.15) is 35.7 Å². The van der Waals surface area contributed by atoms with Gasteiger partial charge in [-0.3, -0.25) is 10.1 Å². The number of rotatable bonds is 7. The highest BCUT2D eigenvalue weighted by molar-refractivity contribution is 14.0. The highest BCUT2D eigenvalue weighted by Gasteiger charge is 2.21. The van der Waals surface area contributed by atoms with Crippen LogP contribution in [0.2, 0.25) is 0 Å². The Bertz CT molecular complexity index is 821. The van der Waals surface area contributed by atoms with Crippen LogP contribution in [0.5, 0.6) is 11.5 Å². The third-order valence-corrected chi connectivity index (χ3v) is 5.15. The van der Waals surface area contributed by atoms with Gasteiger partial charge < -0.3 is 19.7 Å². The molecule has 2 heterocycles. The second kappa shape index (κ2) is 11.3. The molecule has 0 amide bonds. The van der Waals surface area contributed by atoms with Gasteiger partial charge >= 0.3 is 0 Å².